The number of nitrogens with one attached hydrogen (secondary N) is 2. The summed E-state index contributed by atoms with van der Waals surface area (Å²) in [6, 6.07) is 0. The van der Waals surface area contributed by atoms with E-state index in [-0.39, 0.29) is 24.0 Å². The van der Waals surface area contributed by atoms with Crippen LogP contribution in [0.15, 0.2) is 4.99 Å². The fourth-order valence-electron chi connectivity index (χ4n) is 2.78. The molecular formula is C17H32IN5O2S. The molecule has 0 aromatic carbocycles. The van der Waals surface area contributed by atoms with Crippen LogP contribution in [0.1, 0.15) is 29.4 Å². The van der Waals surface area contributed by atoms with Crippen molar-refractivity contribution in [1.82, 2.24) is 20.5 Å². The predicted molar refractivity (Wildman–Crippen MR) is 118 cm³/mol. The third kappa shape index (κ3) is 8.03. The van der Waals surface area contributed by atoms with Crippen molar-refractivity contribution >= 4 is 41.3 Å². The summed E-state index contributed by atoms with van der Waals surface area (Å²) in [7, 11) is 0. The molecule has 26 heavy (non-hydrogen) atoms. The average Bonchev–Trinajstić information content (AvgIpc) is 2.88. The number of ether oxygens (including phenoxy) is 1. The van der Waals surface area contributed by atoms with Crippen LogP contribution in [0.2, 0.25) is 0 Å². The van der Waals surface area contributed by atoms with Gasteiger partial charge in [-0.15, -0.1) is 35.3 Å². The van der Waals surface area contributed by atoms with E-state index in [0.717, 1.165) is 49.5 Å². The Morgan fingerprint density at radius 3 is 2.62 bits per heavy atom. The van der Waals surface area contributed by atoms with Crippen LogP contribution in [0.25, 0.3) is 0 Å². The summed E-state index contributed by atoms with van der Waals surface area (Å²) in [4.78, 5) is 12.5. The van der Waals surface area contributed by atoms with Gasteiger partial charge < -0.3 is 20.5 Å². The van der Waals surface area contributed by atoms with Crippen LogP contribution < -0.4 is 10.6 Å². The van der Waals surface area contributed by atoms with Crippen molar-refractivity contribution in [2.24, 2.45) is 4.99 Å². The summed E-state index contributed by atoms with van der Waals surface area (Å²) >= 11 is 1.68. The summed E-state index contributed by atoms with van der Waals surface area (Å²) in [5.41, 5.74) is 0.214. The molecule has 1 aromatic rings. The molecule has 0 amide bonds. The van der Waals surface area contributed by atoms with E-state index in [2.05, 4.69) is 25.5 Å². The highest BCUT2D eigenvalue weighted by Gasteiger charge is 2.25. The SMILES string of the molecule is CCNC(=NCc1sc(C)nc1C)NCC(C)(O)CN1CCOCC1.I. The van der Waals surface area contributed by atoms with Gasteiger partial charge in [0.15, 0.2) is 5.96 Å². The molecule has 1 atom stereocenters. The number of aryl methyl sites for hydroxylation is 2. The molecular weight excluding hydrogens is 465 g/mol. The van der Waals surface area contributed by atoms with E-state index >= 15 is 0 Å². The van der Waals surface area contributed by atoms with Crippen molar-refractivity contribution in [3.8, 4) is 0 Å². The Labute approximate surface area is 177 Å². The molecule has 2 rings (SSSR count). The molecule has 150 valence electrons. The van der Waals surface area contributed by atoms with E-state index in [0.29, 0.717) is 19.6 Å². The second kappa shape index (κ2) is 11.4. The minimum absolute atomic E-state index is 0. The molecule has 0 radical (unpaired) electrons. The summed E-state index contributed by atoms with van der Waals surface area (Å²) in [5.74, 6) is 0.718. The lowest BCUT2D eigenvalue weighted by molar-refractivity contribution is -0.0201. The van der Waals surface area contributed by atoms with Crippen LogP contribution in [0.4, 0.5) is 0 Å². The van der Waals surface area contributed by atoms with Crippen molar-refractivity contribution in [1.29, 1.82) is 0 Å². The van der Waals surface area contributed by atoms with E-state index in [9.17, 15) is 5.11 Å². The molecule has 1 fully saturated rings. The van der Waals surface area contributed by atoms with E-state index in [1.165, 1.54) is 4.88 Å². The first-order valence-electron chi connectivity index (χ1n) is 8.87. The van der Waals surface area contributed by atoms with Gasteiger partial charge in [0, 0.05) is 37.6 Å². The quantitative estimate of drug-likeness (QED) is 0.301. The molecule has 0 spiro atoms. The normalized spacial score (nSPS) is 18.1. The van der Waals surface area contributed by atoms with Gasteiger partial charge in [0.05, 0.1) is 36.1 Å². The molecule has 1 aromatic heterocycles. The first-order valence-corrected chi connectivity index (χ1v) is 9.69. The maximum atomic E-state index is 10.7. The number of rotatable bonds is 7. The van der Waals surface area contributed by atoms with Crippen LogP contribution >= 0.6 is 35.3 Å². The van der Waals surface area contributed by atoms with Gasteiger partial charge in [-0.2, -0.15) is 0 Å². The number of halogens is 1. The van der Waals surface area contributed by atoms with Gasteiger partial charge in [-0.1, -0.05) is 0 Å². The smallest absolute Gasteiger partial charge is 0.191 e. The third-order valence-corrected chi connectivity index (χ3v) is 5.09. The molecule has 9 heteroatoms. The van der Waals surface area contributed by atoms with Crippen LogP contribution in [-0.2, 0) is 11.3 Å². The number of aromatic nitrogens is 1. The van der Waals surface area contributed by atoms with Gasteiger partial charge in [0.1, 0.15) is 0 Å². The highest BCUT2D eigenvalue weighted by Crippen LogP contribution is 2.17. The Kier molecular flexibility index (Phi) is 10.3. The molecule has 0 aliphatic carbocycles. The molecule has 2 heterocycles. The first kappa shape index (κ1) is 23.5. The Morgan fingerprint density at radius 1 is 1.35 bits per heavy atom. The minimum Gasteiger partial charge on any atom is -0.387 e. The Morgan fingerprint density at radius 2 is 2.04 bits per heavy atom. The molecule has 0 saturated carbocycles. The first-order chi connectivity index (χ1) is 11.9. The van der Waals surface area contributed by atoms with Crippen molar-refractivity contribution in [3.05, 3.63) is 15.6 Å². The fourth-order valence-corrected chi connectivity index (χ4v) is 3.65. The van der Waals surface area contributed by atoms with E-state index in [1.807, 2.05) is 27.7 Å². The fraction of sp³-hybridized carbons (Fsp3) is 0.765. The maximum Gasteiger partial charge on any atom is 0.191 e. The summed E-state index contributed by atoms with van der Waals surface area (Å²) in [6.45, 7) is 13.6. The molecule has 1 aliphatic heterocycles. The number of hydrogen-bond acceptors (Lipinski definition) is 6. The van der Waals surface area contributed by atoms with Crippen molar-refractivity contribution in [3.63, 3.8) is 0 Å². The zero-order valence-corrected chi connectivity index (χ0v) is 19.3. The van der Waals surface area contributed by atoms with Gasteiger partial charge in [-0.25, -0.2) is 9.98 Å². The second-order valence-corrected chi connectivity index (χ2v) is 7.96. The highest BCUT2D eigenvalue weighted by molar-refractivity contribution is 14.0. The molecule has 1 unspecified atom stereocenters. The van der Waals surface area contributed by atoms with Crippen LogP contribution in [0.5, 0.6) is 0 Å². The molecule has 3 N–H and O–H groups in total. The Hall–Kier alpha value is -0.490. The van der Waals surface area contributed by atoms with E-state index in [4.69, 9.17) is 4.74 Å². The van der Waals surface area contributed by atoms with Gasteiger partial charge in [0.25, 0.3) is 0 Å². The molecule has 1 saturated heterocycles. The molecule has 0 bridgehead atoms. The average molecular weight is 497 g/mol. The molecule has 7 nitrogen and oxygen atoms in total. The number of aliphatic imine (C=N–C) groups is 1. The van der Waals surface area contributed by atoms with E-state index in [1.54, 1.807) is 11.3 Å². The number of hydrogen-bond donors (Lipinski definition) is 3. The summed E-state index contributed by atoms with van der Waals surface area (Å²) < 4.78 is 5.36. The summed E-state index contributed by atoms with van der Waals surface area (Å²) in [6.07, 6.45) is 0. The number of guanidine groups is 1. The highest BCUT2D eigenvalue weighted by atomic mass is 127. The van der Waals surface area contributed by atoms with Crippen LogP contribution in [0, 0.1) is 13.8 Å². The second-order valence-electron chi connectivity index (χ2n) is 6.68. The van der Waals surface area contributed by atoms with Crippen molar-refractivity contribution in [2.75, 3.05) is 45.9 Å². The predicted octanol–water partition coefficient (Wildman–Crippen LogP) is 1.52. The zero-order chi connectivity index (χ0) is 18.3. The van der Waals surface area contributed by atoms with Crippen LogP contribution in [-0.4, -0.2) is 72.5 Å². The Balaban J connectivity index is 0.00000338. The van der Waals surface area contributed by atoms with E-state index < -0.39 is 5.60 Å². The standard InChI is InChI=1S/C17H31N5O2S.HI/c1-5-18-16(19-10-15-13(2)21-14(3)25-15)20-11-17(4,23)12-22-6-8-24-9-7-22;/h23H,5-12H2,1-4H3,(H2,18,19,20);1H. The lowest BCUT2D eigenvalue weighted by Gasteiger charge is -2.34. The summed E-state index contributed by atoms with van der Waals surface area (Å²) in [5, 5.41) is 18.2. The number of nitrogens with zero attached hydrogens (tertiary/aromatic N) is 3. The zero-order valence-electron chi connectivity index (χ0n) is 16.2. The topological polar surface area (TPSA) is 82.0 Å². The largest absolute Gasteiger partial charge is 0.387 e. The third-order valence-electron chi connectivity index (χ3n) is 4.03. The lowest BCUT2D eigenvalue weighted by atomic mass is 10.1. The van der Waals surface area contributed by atoms with Gasteiger partial charge in [0.2, 0.25) is 0 Å². The van der Waals surface area contributed by atoms with Crippen LogP contribution in [0.3, 0.4) is 0 Å². The number of thiazole rings is 1. The number of aliphatic hydroxyl groups is 1. The monoisotopic (exact) mass is 497 g/mol. The lowest BCUT2D eigenvalue weighted by Crippen LogP contribution is -2.52. The van der Waals surface area contributed by atoms with Gasteiger partial charge in [-0.05, 0) is 27.7 Å². The maximum absolute atomic E-state index is 10.7. The van der Waals surface area contributed by atoms with Crippen molar-refractivity contribution in [2.45, 2.75) is 39.8 Å². The number of morpholine rings is 1. The van der Waals surface area contributed by atoms with Gasteiger partial charge in [-0.3, -0.25) is 4.90 Å². The minimum atomic E-state index is -0.829. The van der Waals surface area contributed by atoms with Crippen molar-refractivity contribution < 1.29 is 9.84 Å². The van der Waals surface area contributed by atoms with Gasteiger partial charge >= 0.3 is 0 Å². The Bertz CT molecular complexity index is 573. The number of β-amino-alcohol motifs (C(OH)–C–C–N with tert-alkyl or cyclic N) is 1. The molecule has 1 aliphatic rings.